The van der Waals surface area contributed by atoms with E-state index in [0.717, 1.165) is 31.1 Å². The minimum absolute atomic E-state index is 0.386. The lowest BCUT2D eigenvalue weighted by atomic mass is 10.1. The van der Waals surface area contributed by atoms with E-state index in [1.807, 2.05) is 54.6 Å². The maximum absolute atomic E-state index is 9.79. The number of nitrogens with zero attached hydrogens (tertiary/aromatic N) is 2. The standard InChI is InChI=1S/C25H19Br2N3O3/c1-31-19-7-8-21-22(11-19)30-25(29-21)17(13-28)9-16-10-23(32-2)24(12-20(16)27)33-14-15-3-5-18(26)6-4-15/h3-12H,14H2,1-2H3,(H,29,30)/b17-9-. The fraction of sp³-hybridized carbons (Fsp3) is 0.120. The van der Waals surface area contributed by atoms with Crippen LogP contribution < -0.4 is 14.2 Å². The van der Waals surface area contributed by atoms with Gasteiger partial charge in [-0.25, -0.2) is 4.98 Å². The van der Waals surface area contributed by atoms with Gasteiger partial charge >= 0.3 is 0 Å². The van der Waals surface area contributed by atoms with Crippen molar-refractivity contribution in [2.45, 2.75) is 6.61 Å². The number of imidazole rings is 1. The Morgan fingerprint density at radius 2 is 1.82 bits per heavy atom. The number of halogens is 2. The summed E-state index contributed by atoms with van der Waals surface area (Å²) in [7, 11) is 3.19. The summed E-state index contributed by atoms with van der Waals surface area (Å²) < 4.78 is 18.6. The number of nitriles is 1. The Bertz CT molecular complexity index is 1370. The number of fused-ring (bicyclic) bond motifs is 1. The van der Waals surface area contributed by atoms with Crippen molar-refractivity contribution >= 4 is 54.5 Å². The second kappa shape index (κ2) is 10.1. The summed E-state index contributed by atoms with van der Waals surface area (Å²) in [5.41, 5.74) is 3.72. The highest BCUT2D eigenvalue weighted by Gasteiger charge is 2.13. The molecular formula is C25H19Br2N3O3. The van der Waals surface area contributed by atoms with Crippen molar-refractivity contribution in [1.82, 2.24) is 9.97 Å². The highest BCUT2D eigenvalue weighted by molar-refractivity contribution is 9.10. The number of ether oxygens (including phenoxy) is 3. The molecule has 0 bridgehead atoms. The van der Waals surface area contributed by atoms with Crippen LogP contribution >= 0.6 is 31.9 Å². The van der Waals surface area contributed by atoms with Crippen molar-refractivity contribution in [3.05, 3.63) is 80.5 Å². The van der Waals surface area contributed by atoms with Crippen LogP contribution in [0, 0.1) is 11.3 Å². The first-order valence-corrected chi connectivity index (χ1v) is 11.5. The Morgan fingerprint density at radius 3 is 2.52 bits per heavy atom. The van der Waals surface area contributed by atoms with Gasteiger partial charge in [0.15, 0.2) is 11.5 Å². The molecule has 6 nitrogen and oxygen atoms in total. The fourth-order valence-corrected chi connectivity index (χ4v) is 3.93. The summed E-state index contributed by atoms with van der Waals surface area (Å²) in [5.74, 6) is 2.35. The van der Waals surface area contributed by atoms with Gasteiger partial charge in [0.05, 0.1) is 30.8 Å². The molecule has 166 valence electrons. The number of nitrogens with one attached hydrogen (secondary N) is 1. The number of rotatable bonds is 7. The number of benzene rings is 3. The van der Waals surface area contributed by atoms with Gasteiger partial charge in [0, 0.05) is 15.0 Å². The third-order valence-electron chi connectivity index (χ3n) is 4.96. The minimum atomic E-state index is 0.386. The first-order valence-electron chi connectivity index (χ1n) is 9.91. The number of H-pyrrole nitrogens is 1. The van der Waals surface area contributed by atoms with Gasteiger partial charge in [-0.3, -0.25) is 0 Å². The SMILES string of the molecule is COc1ccc2nc(/C(C#N)=C\c3cc(OC)c(OCc4ccc(Br)cc4)cc3Br)[nH]c2c1. The lowest BCUT2D eigenvalue weighted by Crippen LogP contribution is -1.98. The van der Waals surface area contributed by atoms with Crippen molar-refractivity contribution < 1.29 is 14.2 Å². The maximum Gasteiger partial charge on any atom is 0.162 e. The smallest absolute Gasteiger partial charge is 0.162 e. The van der Waals surface area contributed by atoms with Crippen LogP contribution in [0.15, 0.2) is 63.5 Å². The molecular weight excluding hydrogens is 550 g/mol. The van der Waals surface area contributed by atoms with Gasteiger partial charge in [-0.15, -0.1) is 0 Å². The maximum atomic E-state index is 9.79. The number of hydrogen-bond donors (Lipinski definition) is 1. The molecule has 4 rings (SSSR count). The molecule has 0 saturated heterocycles. The molecule has 3 aromatic carbocycles. The highest BCUT2D eigenvalue weighted by atomic mass is 79.9. The van der Waals surface area contributed by atoms with E-state index in [-0.39, 0.29) is 0 Å². The van der Waals surface area contributed by atoms with Gasteiger partial charge in [-0.05, 0) is 53.6 Å². The van der Waals surface area contributed by atoms with E-state index in [9.17, 15) is 5.26 Å². The number of aromatic nitrogens is 2. The summed E-state index contributed by atoms with van der Waals surface area (Å²) in [5, 5.41) is 9.79. The first-order chi connectivity index (χ1) is 16.0. The van der Waals surface area contributed by atoms with E-state index < -0.39 is 0 Å². The Morgan fingerprint density at radius 1 is 1.03 bits per heavy atom. The van der Waals surface area contributed by atoms with Gasteiger partial charge in [-0.1, -0.05) is 44.0 Å². The van der Waals surface area contributed by atoms with Gasteiger partial charge in [-0.2, -0.15) is 5.26 Å². The van der Waals surface area contributed by atoms with Gasteiger partial charge in [0.2, 0.25) is 0 Å². The highest BCUT2D eigenvalue weighted by Crippen LogP contribution is 2.36. The van der Waals surface area contributed by atoms with Crippen LogP contribution in [0.1, 0.15) is 17.0 Å². The van der Waals surface area contributed by atoms with E-state index in [4.69, 9.17) is 14.2 Å². The zero-order valence-corrected chi connectivity index (χ0v) is 21.0. The molecule has 0 atom stereocenters. The molecule has 1 N–H and O–H groups in total. The predicted octanol–water partition coefficient (Wildman–Crippen LogP) is 6.75. The number of methoxy groups -OCH3 is 2. The van der Waals surface area contributed by atoms with Crippen LogP contribution in [0.25, 0.3) is 22.7 Å². The first kappa shape index (κ1) is 22.9. The number of allylic oxidation sites excluding steroid dienone is 1. The van der Waals surface area contributed by atoms with Crippen molar-refractivity contribution in [3.63, 3.8) is 0 Å². The zero-order valence-electron chi connectivity index (χ0n) is 17.9. The average Bonchev–Trinajstić information content (AvgIpc) is 3.26. The summed E-state index contributed by atoms with van der Waals surface area (Å²) in [6.45, 7) is 0.400. The molecule has 8 heteroatoms. The minimum Gasteiger partial charge on any atom is -0.497 e. The molecule has 0 radical (unpaired) electrons. The topological polar surface area (TPSA) is 80.2 Å². The van der Waals surface area contributed by atoms with E-state index >= 15 is 0 Å². The molecule has 0 aliphatic rings. The van der Waals surface area contributed by atoms with Crippen molar-refractivity contribution in [3.8, 4) is 23.3 Å². The molecule has 1 aromatic heterocycles. The monoisotopic (exact) mass is 567 g/mol. The Hall–Kier alpha value is -3.28. The van der Waals surface area contributed by atoms with Crippen LogP contribution in [0.5, 0.6) is 17.2 Å². The molecule has 0 aliphatic carbocycles. The van der Waals surface area contributed by atoms with E-state index in [0.29, 0.717) is 35.3 Å². The molecule has 1 heterocycles. The summed E-state index contributed by atoms with van der Waals surface area (Å²) in [6.07, 6.45) is 1.75. The fourth-order valence-electron chi connectivity index (χ4n) is 3.23. The molecule has 4 aromatic rings. The molecule has 33 heavy (non-hydrogen) atoms. The van der Waals surface area contributed by atoms with E-state index in [2.05, 4.69) is 47.9 Å². The number of hydrogen-bond acceptors (Lipinski definition) is 5. The molecule has 0 aliphatic heterocycles. The average molecular weight is 569 g/mol. The van der Waals surface area contributed by atoms with Crippen molar-refractivity contribution in [1.29, 1.82) is 5.26 Å². The van der Waals surface area contributed by atoms with Gasteiger partial charge in [0.25, 0.3) is 0 Å². The second-order valence-corrected chi connectivity index (χ2v) is 8.85. The van der Waals surface area contributed by atoms with Crippen molar-refractivity contribution in [2.24, 2.45) is 0 Å². The largest absolute Gasteiger partial charge is 0.497 e. The van der Waals surface area contributed by atoms with Crippen molar-refractivity contribution in [2.75, 3.05) is 14.2 Å². The Labute approximate surface area is 208 Å². The third-order valence-corrected chi connectivity index (χ3v) is 6.17. The molecule has 0 fully saturated rings. The lowest BCUT2D eigenvalue weighted by molar-refractivity contribution is 0.284. The second-order valence-electron chi connectivity index (χ2n) is 7.08. The molecule has 0 saturated carbocycles. The molecule has 0 amide bonds. The normalized spacial score (nSPS) is 11.3. The quantitative estimate of drug-likeness (QED) is 0.249. The van der Waals surface area contributed by atoms with Crippen LogP contribution in [0.4, 0.5) is 0 Å². The lowest BCUT2D eigenvalue weighted by Gasteiger charge is -2.13. The third kappa shape index (κ3) is 5.21. The van der Waals surface area contributed by atoms with E-state index in [1.165, 1.54) is 0 Å². The van der Waals surface area contributed by atoms with Crippen LogP contribution in [-0.4, -0.2) is 24.2 Å². The Balaban J connectivity index is 1.63. The summed E-state index contributed by atoms with van der Waals surface area (Å²) in [6, 6.07) is 19.3. The van der Waals surface area contributed by atoms with Crippen LogP contribution in [0.3, 0.4) is 0 Å². The molecule has 0 unspecified atom stereocenters. The van der Waals surface area contributed by atoms with E-state index in [1.54, 1.807) is 20.3 Å². The Kier molecular flexibility index (Phi) is 7.02. The number of aromatic amines is 1. The van der Waals surface area contributed by atoms with Crippen LogP contribution in [-0.2, 0) is 6.61 Å². The van der Waals surface area contributed by atoms with Gasteiger partial charge in [0.1, 0.15) is 24.3 Å². The summed E-state index contributed by atoms with van der Waals surface area (Å²) in [4.78, 5) is 7.72. The predicted molar refractivity (Wildman–Crippen MR) is 135 cm³/mol. The molecule has 0 spiro atoms. The van der Waals surface area contributed by atoms with Crippen LogP contribution in [0.2, 0.25) is 0 Å². The zero-order chi connectivity index (χ0) is 23.4. The van der Waals surface area contributed by atoms with Gasteiger partial charge < -0.3 is 19.2 Å². The summed E-state index contributed by atoms with van der Waals surface area (Å²) >= 11 is 7.02.